The Bertz CT molecular complexity index is 864. The molecule has 0 heterocycles. The number of anilines is 1. The average molecular weight is 414 g/mol. The standard InChI is InChI=1S/C22H27N3O3S/c1-15(2)14-28-19-7-5-6-17(13-19)21(27)24-22(29)23-18-10-8-16(9-11-18)12-20(26)25(3)4/h5-11,13,15H,12,14H2,1-4H3,(H2,23,24,27,29). The summed E-state index contributed by atoms with van der Waals surface area (Å²) in [5.41, 5.74) is 2.10. The van der Waals surface area contributed by atoms with Gasteiger partial charge >= 0.3 is 0 Å². The number of carbonyl (C=O) groups is 2. The van der Waals surface area contributed by atoms with E-state index in [1.165, 1.54) is 0 Å². The number of nitrogens with zero attached hydrogens (tertiary/aromatic N) is 1. The number of amides is 2. The minimum Gasteiger partial charge on any atom is -0.493 e. The molecule has 0 aromatic heterocycles. The summed E-state index contributed by atoms with van der Waals surface area (Å²) in [6.45, 7) is 4.71. The molecule has 0 bridgehead atoms. The highest BCUT2D eigenvalue weighted by Gasteiger charge is 2.10. The number of rotatable bonds is 7. The van der Waals surface area contributed by atoms with Crippen molar-refractivity contribution in [1.29, 1.82) is 0 Å². The monoisotopic (exact) mass is 413 g/mol. The number of hydrogen-bond acceptors (Lipinski definition) is 4. The van der Waals surface area contributed by atoms with E-state index in [1.54, 1.807) is 37.2 Å². The van der Waals surface area contributed by atoms with Crippen LogP contribution in [0.15, 0.2) is 48.5 Å². The predicted molar refractivity (Wildman–Crippen MR) is 119 cm³/mol. The van der Waals surface area contributed by atoms with E-state index < -0.39 is 0 Å². The fraction of sp³-hybridized carbons (Fsp3) is 0.318. The van der Waals surface area contributed by atoms with E-state index in [-0.39, 0.29) is 16.9 Å². The van der Waals surface area contributed by atoms with Gasteiger partial charge in [0.1, 0.15) is 5.75 Å². The molecule has 0 aliphatic carbocycles. The van der Waals surface area contributed by atoms with E-state index in [0.29, 0.717) is 30.3 Å². The highest BCUT2D eigenvalue weighted by Crippen LogP contribution is 2.15. The molecular formula is C22H27N3O3S. The highest BCUT2D eigenvalue weighted by atomic mass is 32.1. The summed E-state index contributed by atoms with van der Waals surface area (Å²) in [6, 6.07) is 14.3. The maximum atomic E-state index is 12.4. The van der Waals surface area contributed by atoms with Crippen LogP contribution in [0.5, 0.6) is 5.75 Å². The minimum atomic E-state index is -0.314. The smallest absolute Gasteiger partial charge is 0.257 e. The Morgan fingerprint density at radius 1 is 1.10 bits per heavy atom. The predicted octanol–water partition coefficient (Wildman–Crippen LogP) is 3.48. The molecular weight excluding hydrogens is 386 g/mol. The van der Waals surface area contributed by atoms with Crippen LogP contribution < -0.4 is 15.4 Å². The van der Waals surface area contributed by atoms with Gasteiger partial charge in [-0.15, -0.1) is 0 Å². The molecule has 0 spiro atoms. The second-order valence-corrected chi connectivity index (χ2v) is 7.71. The number of thiocarbonyl (C=S) groups is 1. The van der Waals surface area contributed by atoms with Crippen LogP contribution in [0.4, 0.5) is 5.69 Å². The fourth-order valence-electron chi connectivity index (χ4n) is 2.37. The Kier molecular flexibility index (Phi) is 8.15. The van der Waals surface area contributed by atoms with Crippen LogP contribution in [0.2, 0.25) is 0 Å². The maximum Gasteiger partial charge on any atom is 0.257 e. The molecule has 154 valence electrons. The molecule has 0 fully saturated rings. The Balaban J connectivity index is 1.91. The van der Waals surface area contributed by atoms with E-state index in [2.05, 4.69) is 24.5 Å². The minimum absolute atomic E-state index is 0.0353. The van der Waals surface area contributed by atoms with Crippen LogP contribution >= 0.6 is 12.2 Å². The van der Waals surface area contributed by atoms with Crippen LogP contribution in [0, 0.1) is 5.92 Å². The lowest BCUT2D eigenvalue weighted by Gasteiger charge is -2.12. The van der Waals surface area contributed by atoms with Gasteiger partial charge in [0.15, 0.2) is 5.11 Å². The van der Waals surface area contributed by atoms with Gasteiger partial charge in [0.2, 0.25) is 5.91 Å². The summed E-state index contributed by atoms with van der Waals surface area (Å²) < 4.78 is 5.66. The molecule has 2 aromatic rings. The fourth-order valence-corrected chi connectivity index (χ4v) is 2.58. The zero-order valence-corrected chi connectivity index (χ0v) is 18.0. The van der Waals surface area contributed by atoms with Crippen molar-refractivity contribution < 1.29 is 14.3 Å². The van der Waals surface area contributed by atoms with Crippen LogP contribution in [0.1, 0.15) is 29.8 Å². The van der Waals surface area contributed by atoms with Crippen LogP contribution in [-0.4, -0.2) is 42.5 Å². The summed E-state index contributed by atoms with van der Waals surface area (Å²) >= 11 is 5.23. The van der Waals surface area contributed by atoms with Crippen molar-refractivity contribution in [1.82, 2.24) is 10.2 Å². The van der Waals surface area contributed by atoms with Crippen molar-refractivity contribution >= 4 is 34.8 Å². The Morgan fingerprint density at radius 3 is 2.41 bits per heavy atom. The first-order valence-electron chi connectivity index (χ1n) is 9.39. The van der Waals surface area contributed by atoms with Crippen molar-refractivity contribution in [3.63, 3.8) is 0 Å². The molecule has 2 N–H and O–H groups in total. The molecule has 0 aliphatic rings. The lowest BCUT2D eigenvalue weighted by atomic mass is 10.1. The number of carbonyl (C=O) groups excluding carboxylic acids is 2. The molecule has 0 aliphatic heterocycles. The molecule has 2 aromatic carbocycles. The second-order valence-electron chi connectivity index (χ2n) is 7.30. The third kappa shape index (κ3) is 7.54. The first-order chi connectivity index (χ1) is 13.7. The molecule has 29 heavy (non-hydrogen) atoms. The van der Waals surface area contributed by atoms with Gasteiger partial charge in [0, 0.05) is 25.3 Å². The zero-order valence-electron chi connectivity index (χ0n) is 17.2. The summed E-state index contributed by atoms with van der Waals surface area (Å²) in [4.78, 5) is 25.8. The van der Waals surface area contributed by atoms with Gasteiger partial charge in [-0.1, -0.05) is 32.0 Å². The van der Waals surface area contributed by atoms with Crippen molar-refractivity contribution in [2.75, 3.05) is 26.0 Å². The molecule has 0 saturated heterocycles. The molecule has 0 atom stereocenters. The Hall–Kier alpha value is -2.93. The first-order valence-corrected chi connectivity index (χ1v) is 9.79. The summed E-state index contributed by atoms with van der Waals surface area (Å²) in [5, 5.41) is 5.83. The Morgan fingerprint density at radius 2 is 1.79 bits per heavy atom. The molecule has 6 nitrogen and oxygen atoms in total. The van der Waals surface area contributed by atoms with E-state index in [1.807, 2.05) is 30.3 Å². The lowest BCUT2D eigenvalue weighted by molar-refractivity contribution is -0.127. The molecule has 0 unspecified atom stereocenters. The van der Waals surface area contributed by atoms with Gasteiger partial charge < -0.3 is 15.0 Å². The molecule has 7 heteroatoms. The molecule has 2 rings (SSSR count). The normalized spacial score (nSPS) is 10.4. The van der Waals surface area contributed by atoms with Gasteiger partial charge in [-0.3, -0.25) is 14.9 Å². The molecule has 2 amide bonds. The van der Waals surface area contributed by atoms with E-state index >= 15 is 0 Å². The number of benzene rings is 2. The summed E-state index contributed by atoms with van der Waals surface area (Å²) in [6.07, 6.45) is 0.337. The summed E-state index contributed by atoms with van der Waals surface area (Å²) in [7, 11) is 3.46. The second kappa shape index (κ2) is 10.6. The lowest BCUT2D eigenvalue weighted by Crippen LogP contribution is -2.34. The van der Waals surface area contributed by atoms with Crippen LogP contribution in [-0.2, 0) is 11.2 Å². The Labute approximate surface area is 177 Å². The van der Waals surface area contributed by atoms with Crippen molar-refractivity contribution in [2.24, 2.45) is 5.92 Å². The third-order valence-electron chi connectivity index (χ3n) is 3.97. The van der Waals surface area contributed by atoms with Gasteiger partial charge in [-0.05, 0) is 54.0 Å². The maximum absolute atomic E-state index is 12.4. The van der Waals surface area contributed by atoms with E-state index in [4.69, 9.17) is 17.0 Å². The molecule has 0 saturated carbocycles. The summed E-state index contributed by atoms with van der Waals surface area (Å²) in [5.74, 6) is 0.767. The van der Waals surface area contributed by atoms with Gasteiger partial charge in [0.25, 0.3) is 5.91 Å². The van der Waals surface area contributed by atoms with Crippen molar-refractivity contribution in [3.05, 3.63) is 59.7 Å². The third-order valence-corrected chi connectivity index (χ3v) is 4.18. The first kappa shape index (κ1) is 22.4. The van der Waals surface area contributed by atoms with Crippen molar-refractivity contribution in [2.45, 2.75) is 20.3 Å². The van der Waals surface area contributed by atoms with E-state index in [9.17, 15) is 9.59 Å². The van der Waals surface area contributed by atoms with Gasteiger partial charge in [0.05, 0.1) is 13.0 Å². The highest BCUT2D eigenvalue weighted by molar-refractivity contribution is 7.80. The SMILES string of the molecule is CC(C)COc1cccc(C(=O)NC(=S)Nc2ccc(CC(=O)N(C)C)cc2)c1. The number of likely N-dealkylation sites (N-methyl/N-ethyl adjacent to an activating group) is 1. The van der Waals surface area contributed by atoms with Crippen LogP contribution in [0.3, 0.4) is 0 Å². The number of ether oxygens (including phenoxy) is 1. The largest absolute Gasteiger partial charge is 0.493 e. The van der Waals surface area contributed by atoms with Gasteiger partial charge in [-0.2, -0.15) is 0 Å². The topological polar surface area (TPSA) is 70.7 Å². The van der Waals surface area contributed by atoms with Crippen LogP contribution in [0.25, 0.3) is 0 Å². The zero-order chi connectivity index (χ0) is 21.4. The van der Waals surface area contributed by atoms with Crippen molar-refractivity contribution in [3.8, 4) is 5.75 Å². The van der Waals surface area contributed by atoms with E-state index in [0.717, 1.165) is 11.3 Å². The average Bonchev–Trinajstić information content (AvgIpc) is 2.68. The quantitative estimate of drug-likeness (QED) is 0.680. The molecule has 0 radical (unpaired) electrons. The number of nitrogens with one attached hydrogen (secondary N) is 2. The number of hydrogen-bond donors (Lipinski definition) is 2. The van der Waals surface area contributed by atoms with Gasteiger partial charge in [-0.25, -0.2) is 0 Å².